The van der Waals surface area contributed by atoms with Crippen molar-refractivity contribution in [3.05, 3.63) is 35.9 Å². The Hall–Kier alpha value is -1.00. The van der Waals surface area contributed by atoms with Crippen molar-refractivity contribution < 1.29 is 23.9 Å². The molecule has 5 nitrogen and oxygen atoms in total. The van der Waals surface area contributed by atoms with E-state index in [4.69, 9.17) is 14.5 Å². The number of Topliss-reactive ketones (excluding diaryl/α,β-unsaturated/α-hetero) is 1. The summed E-state index contributed by atoms with van der Waals surface area (Å²) in [6, 6.07) is 9.92. The molecular weight excluding hydrogens is 291 g/mol. The van der Waals surface area contributed by atoms with Crippen LogP contribution in [-0.4, -0.2) is 27.8 Å². The number of carbonyl (C=O) groups excluding carboxylic acids is 1. The maximum absolute atomic E-state index is 11.8. The Bertz CT molecular complexity index is 502. The van der Waals surface area contributed by atoms with Crippen LogP contribution in [0.15, 0.2) is 30.3 Å². The van der Waals surface area contributed by atoms with E-state index in [0.717, 1.165) is 18.4 Å². The first-order valence-electron chi connectivity index (χ1n) is 7.17. The highest BCUT2D eigenvalue weighted by Crippen LogP contribution is 2.37. The predicted octanol–water partition coefficient (Wildman–Crippen LogP) is 2.51. The van der Waals surface area contributed by atoms with Gasteiger partial charge in [-0.1, -0.05) is 30.3 Å². The van der Waals surface area contributed by atoms with E-state index in [-0.39, 0.29) is 17.8 Å². The molecular formula is C15H21O5P. The number of carbonyl (C=O) groups is 1. The highest BCUT2D eigenvalue weighted by molar-refractivity contribution is 7.52. The van der Waals surface area contributed by atoms with Gasteiger partial charge in [-0.05, 0) is 31.2 Å². The lowest BCUT2D eigenvalue weighted by Gasteiger charge is -2.27. The van der Waals surface area contributed by atoms with Crippen LogP contribution in [0.25, 0.3) is 0 Å². The van der Waals surface area contributed by atoms with Gasteiger partial charge in [-0.3, -0.25) is 9.36 Å². The average Bonchev–Trinajstić information content (AvgIpc) is 2.45. The zero-order valence-corrected chi connectivity index (χ0v) is 12.7. The summed E-state index contributed by atoms with van der Waals surface area (Å²) in [4.78, 5) is 29.5. The highest BCUT2D eigenvalue weighted by atomic mass is 31.2. The molecule has 1 aromatic rings. The van der Waals surface area contributed by atoms with Crippen molar-refractivity contribution in [3.63, 3.8) is 0 Å². The van der Waals surface area contributed by atoms with Gasteiger partial charge in [0.2, 0.25) is 0 Å². The zero-order chi connectivity index (χ0) is 15.3. The number of benzene rings is 1. The second kappa shape index (κ2) is 7.32. The maximum atomic E-state index is 11.8. The normalized spacial score (nSPS) is 23.0. The lowest BCUT2D eigenvalue weighted by atomic mass is 9.85. The molecule has 2 N–H and O–H groups in total. The van der Waals surface area contributed by atoms with E-state index in [9.17, 15) is 9.36 Å². The predicted molar refractivity (Wildman–Crippen MR) is 78.9 cm³/mol. The molecule has 0 heterocycles. The second-order valence-electron chi connectivity index (χ2n) is 5.56. The molecule has 1 saturated carbocycles. The van der Waals surface area contributed by atoms with E-state index >= 15 is 0 Å². The molecule has 0 saturated heterocycles. The fraction of sp³-hybridized carbons (Fsp3) is 0.533. The van der Waals surface area contributed by atoms with Crippen LogP contribution in [0.3, 0.4) is 0 Å². The molecule has 1 aromatic carbocycles. The monoisotopic (exact) mass is 312 g/mol. The molecule has 1 fully saturated rings. The van der Waals surface area contributed by atoms with Crippen molar-refractivity contribution in [1.29, 1.82) is 0 Å². The summed E-state index contributed by atoms with van der Waals surface area (Å²) in [5, 5.41) is 0. The standard InChI is InChI=1S/C15H21O5P/c16-15(11-21(17,18)19)13-6-8-14(9-7-13)20-10-12-4-2-1-3-5-12/h1-5,13-14H,6-11H2,(H2,17,18,19). The van der Waals surface area contributed by atoms with Crippen molar-refractivity contribution in [2.45, 2.75) is 38.4 Å². The lowest BCUT2D eigenvalue weighted by Crippen LogP contribution is -2.27. The number of ketones is 1. The van der Waals surface area contributed by atoms with Gasteiger partial charge in [0.1, 0.15) is 11.9 Å². The van der Waals surface area contributed by atoms with E-state index in [0.29, 0.717) is 19.4 Å². The maximum Gasteiger partial charge on any atom is 0.332 e. The van der Waals surface area contributed by atoms with Crippen molar-refractivity contribution in [3.8, 4) is 0 Å². The van der Waals surface area contributed by atoms with Crippen LogP contribution in [0.2, 0.25) is 0 Å². The molecule has 1 aliphatic rings. The van der Waals surface area contributed by atoms with E-state index in [2.05, 4.69) is 0 Å². The molecule has 0 bridgehead atoms. The van der Waals surface area contributed by atoms with Crippen molar-refractivity contribution in [2.75, 3.05) is 6.16 Å². The van der Waals surface area contributed by atoms with Crippen LogP contribution in [-0.2, 0) is 20.7 Å². The van der Waals surface area contributed by atoms with Crippen LogP contribution < -0.4 is 0 Å². The van der Waals surface area contributed by atoms with Crippen LogP contribution in [0, 0.1) is 5.92 Å². The van der Waals surface area contributed by atoms with Gasteiger partial charge in [-0.25, -0.2) is 0 Å². The fourth-order valence-electron chi connectivity index (χ4n) is 2.67. The molecule has 0 atom stereocenters. The molecule has 0 amide bonds. The summed E-state index contributed by atoms with van der Waals surface area (Å²) >= 11 is 0. The summed E-state index contributed by atoms with van der Waals surface area (Å²) < 4.78 is 16.7. The van der Waals surface area contributed by atoms with Crippen molar-refractivity contribution in [2.24, 2.45) is 5.92 Å². The Morgan fingerprint density at radius 3 is 2.33 bits per heavy atom. The largest absolute Gasteiger partial charge is 0.374 e. The van der Waals surface area contributed by atoms with Gasteiger partial charge in [0.05, 0.1) is 12.7 Å². The van der Waals surface area contributed by atoms with Crippen LogP contribution >= 0.6 is 7.60 Å². The highest BCUT2D eigenvalue weighted by Gasteiger charge is 2.30. The quantitative estimate of drug-likeness (QED) is 0.789. The fourth-order valence-corrected chi connectivity index (χ4v) is 3.34. The average molecular weight is 312 g/mol. The summed E-state index contributed by atoms with van der Waals surface area (Å²) in [5.41, 5.74) is 1.12. The minimum atomic E-state index is -4.24. The summed E-state index contributed by atoms with van der Waals surface area (Å²) in [5.74, 6) is -0.543. The van der Waals surface area contributed by atoms with Crippen LogP contribution in [0.5, 0.6) is 0 Å². The van der Waals surface area contributed by atoms with E-state index in [1.54, 1.807) is 0 Å². The number of rotatable bonds is 6. The zero-order valence-electron chi connectivity index (χ0n) is 11.9. The minimum absolute atomic E-state index is 0.129. The van der Waals surface area contributed by atoms with Crippen molar-refractivity contribution in [1.82, 2.24) is 0 Å². The molecule has 0 aromatic heterocycles. The minimum Gasteiger partial charge on any atom is -0.374 e. The Labute approximate surface area is 124 Å². The Morgan fingerprint density at radius 2 is 1.76 bits per heavy atom. The van der Waals surface area contributed by atoms with Gasteiger partial charge >= 0.3 is 7.60 Å². The third kappa shape index (κ3) is 5.71. The second-order valence-corrected chi connectivity index (χ2v) is 7.20. The lowest BCUT2D eigenvalue weighted by molar-refractivity contribution is -0.122. The van der Waals surface area contributed by atoms with Gasteiger partial charge < -0.3 is 14.5 Å². The molecule has 6 heteroatoms. The Kier molecular flexibility index (Phi) is 5.71. The van der Waals surface area contributed by atoms with Crippen LogP contribution in [0.1, 0.15) is 31.2 Å². The van der Waals surface area contributed by atoms with Gasteiger partial charge in [0.15, 0.2) is 0 Å². The SMILES string of the molecule is O=C(CP(=O)(O)O)C1CCC(OCc2ccccc2)CC1. The van der Waals surface area contributed by atoms with Crippen molar-refractivity contribution >= 4 is 13.4 Å². The first-order valence-corrected chi connectivity index (χ1v) is 8.96. The summed E-state index contributed by atoms with van der Waals surface area (Å²) in [6.45, 7) is 0.562. The molecule has 2 rings (SSSR count). The smallest absolute Gasteiger partial charge is 0.332 e. The summed E-state index contributed by atoms with van der Waals surface area (Å²) in [7, 11) is -4.24. The first kappa shape index (κ1) is 16.4. The number of ether oxygens (including phenoxy) is 1. The third-order valence-corrected chi connectivity index (χ3v) is 4.54. The van der Waals surface area contributed by atoms with Gasteiger partial charge in [-0.2, -0.15) is 0 Å². The number of hydrogen-bond donors (Lipinski definition) is 2. The molecule has 0 spiro atoms. The molecule has 1 aliphatic carbocycles. The Balaban J connectivity index is 1.73. The molecule has 0 unspecified atom stereocenters. The Morgan fingerprint density at radius 1 is 1.14 bits per heavy atom. The molecule has 0 aliphatic heterocycles. The van der Waals surface area contributed by atoms with E-state index in [1.807, 2.05) is 30.3 Å². The molecule has 0 radical (unpaired) electrons. The first-order chi connectivity index (χ1) is 9.94. The third-order valence-electron chi connectivity index (χ3n) is 3.82. The van der Waals surface area contributed by atoms with E-state index < -0.39 is 13.8 Å². The molecule has 21 heavy (non-hydrogen) atoms. The van der Waals surface area contributed by atoms with Gasteiger partial charge in [0, 0.05) is 5.92 Å². The number of hydrogen-bond acceptors (Lipinski definition) is 3. The summed E-state index contributed by atoms with van der Waals surface area (Å²) in [6.07, 6.45) is 2.34. The van der Waals surface area contributed by atoms with Gasteiger partial charge in [0.25, 0.3) is 0 Å². The van der Waals surface area contributed by atoms with E-state index in [1.165, 1.54) is 0 Å². The van der Waals surface area contributed by atoms with Gasteiger partial charge in [-0.15, -0.1) is 0 Å². The molecule has 116 valence electrons. The van der Waals surface area contributed by atoms with Crippen LogP contribution in [0.4, 0.5) is 0 Å². The topological polar surface area (TPSA) is 83.8 Å².